The molecule has 0 N–H and O–H groups in total. The van der Waals surface area contributed by atoms with Crippen molar-refractivity contribution >= 4 is 70.8 Å². The first-order chi connectivity index (χ1) is 27.9. The molecule has 11 rings (SSSR count). The van der Waals surface area contributed by atoms with Crippen molar-refractivity contribution < 1.29 is 25.8 Å². The van der Waals surface area contributed by atoms with E-state index in [4.69, 9.17) is 14.7 Å². The molecule has 5 nitrogen and oxygen atoms in total. The first kappa shape index (κ1) is 35.8. The number of hydrogen-bond donors (Lipinski definition) is 0. The van der Waals surface area contributed by atoms with E-state index in [1.807, 2.05) is 24.4 Å². The van der Waals surface area contributed by atoms with Gasteiger partial charge in [0, 0.05) is 39.4 Å². The van der Waals surface area contributed by atoms with E-state index in [9.17, 15) is 0 Å². The fourth-order valence-corrected chi connectivity index (χ4v) is 8.49. The number of aromatic nitrogens is 4. The van der Waals surface area contributed by atoms with Crippen molar-refractivity contribution in [2.45, 2.75) is 26.2 Å². The maximum atomic E-state index is 6.66. The van der Waals surface area contributed by atoms with E-state index in [1.165, 1.54) is 10.9 Å². The van der Waals surface area contributed by atoms with Crippen LogP contribution in [-0.4, -0.2) is 18.9 Å². The second kappa shape index (κ2) is 13.8. The standard InChI is InChI=1S/C52H36N4O.Pt/c1-52(2,3)34-28-29-53-49(31-34)55-45-23-9-7-18-39(45)41-27-26-36(32-48(41)55)57-35-15-12-14-33(30-35)50-42-20-5-4-16-37(42)38-17-6-10-24-46(38)56-47-25-11-8-19-40(47)43-21-13-22-44(54-50)51(43)56;/h4-29,31H,1-3H3;/q-2;+2. The van der Waals surface area contributed by atoms with E-state index in [2.05, 4.69) is 181 Å². The zero-order valence-electron chi connectivity index (χ0n) is 32.1. The molecule has 6 heteroatoms. The van der Waals surface area contributed by atoms with Gasteiger partial charge in [0.15, 0.2) is 0 Å². The molecule has 11 aromatic rings. The van der Waals surface area contributed by atoms with Gasteiger partial charge in [0.25, 0.3) is 0 Å². The summed E-state index contributed by atoms with van der Waals surface area (Å²) in [5, 5.41) is 7.84. The SMILES string of the molecule is CC(C)(C)c1ccnc(-n2c3[c-]c(Oc4[c-]c(-c5nc6cccc7c8ccccc8n(c8ccccc8c8ccccc58)c67)ccc4)ccc3c3ccccc32)c1.[Pt+2]. The molecule has 0 fully saturated rings. The predicted molar refractivity (Wildman–Crippen MR) is 234 cm³/mol. The van der Waals surface area contributed by atoms with Crippen LogP contribution in [0.5, 0.6) is 11.5 Å². The fourth-order valence-electron chi connectivity index (χ4n) is 8.49. The van der Waals surface area contributed by atoms with Crippen molar-refractivity contribution in [1.29, 1.82) is 0 Å². The molecule has 0 aliphatic rings. The van der Waals surface area contributed by atoms with E-state index >= 15 is 0 Å². The van der Waals surface area contributed by atoms with Crippen LogP contribution in [0.15, 0.2) is 164 Å². The number of para-hydroxylation sites is 4. The van der Waals surface area contributed by atoms with Crippen molar-refractivity contribution in [2.24, 2.45) is 0 Å². The average Bonchev–Trinajstić information content (AvgIpc) is 3.77. The monoisotopic (exact) mass is 927 g/mol. The molecule has 0 aliphatic carbocycles. The minimum absolute atomic E-state index is 0. The maximum absolute atomic E-state index is 6.66. The van der Waals surface area contributed by atoms with Crippen LogP contribution in [0, 0.1) is 12.1 Å². The van der Waals surface area contributed by atoms with Crippen molar-refractivity contribution in [1.82, 2.24) is 18.9 Å². The zero-order chi connectivity index (χ0) is 38.3. The van der Waals surface area contributed by atoms with E-state index < -0.39 is 0 Å². The molecule has 7 aromatic carbocycles. The van der Waals surface area contributed by atoms with Crippen molar-refractivity contribution in [3.8, 4) is 28.6 Å². The van der Waals surface area contributed by atoms with Gasteiger partial charge in [-0.2, -0.15) is 6.07 Å². The third-order valence-electron chi connectivity index (χ3n) is 11.2. The first-order valence-electron chi connectivity index (χ1n) is 19.3. The van der Waals surface area contributed by atoms with Gasteiger partial charge in [0.1, 0.15) is 5.82 Å². The number of ether oxygens (including phenoxy) is 1. The van der Waals surface area contributed by atoms with Gasteiger partial charge in [-0.05, 0) is 69.2 Å². The second-order valence-electron chi connectivity index (χ2n) is 15.7. The Hall–Kier alpha value is -6.55. The largest absolute Gasteiger partial charge is 2.00 e. The van der Waals surface area contributed by atoms with Crippen LogP contribution in [0.1, 0.15) is 26.3 Å². The molecule has 0 amide bonds. The molecule has 0 aliphatic heterocycles. The number of nitrogens with zero attached hydrogens (tertiary/aromatic N) is 4. The van der Waals surface area contributed by atoms with Crippen LogP contribution < -0.4 is 4.74 Å². The molecule has 4 heterocycles. The van der Waals surface area contributed by atoms with Crippen LogP contribution in [0.2, 0.25) is 0 Å². The molecule has 0 saturated heterocycles. The number of hydrogen-bond acceptors (Lipinski definition) is 3. The Morgan fingerprint density at radius 2 is 1.14 bits per heavy atom. The molecule has 0 spiro atoms. The molecule has 0 saturated carbocycles. The van der Waals surface area contributed by atoms with E-state index in [0.29, 0.717) is 11.5 Å². The Bertz CT molecular complexity index is 3450. The number of rotatable bonds is 4. The van der Waals surface area contributed by atoms with Crippen LogP contribution in [0.4, 0.5) is 0 Å². The third kappa shape index (κ3) is 5.72. The smallest absolute Gasteiger partial charge is 0.503 e. The first-order valence-corrected chi connectivity index (χ1v) is 19.3. The van der Waals surface area contributed by atoms with Crippen LogP contribution in [0.25, 0.3) is 87.9 Å². The van der Waals surface area contributed by atoms with E-state index in [0.717, 1.165) is 82.5 Å². The normalized spacial score (nSPS) is 11.9. The molecule has 0 bridgehead atoms. The summed E-state index contributed by atoms with van der Waals surface area (Å²) in [6.07, 6.45) is 1.90. The molecule has 280 valence electrons. The summed E-state index contributed by atoms with van der Waals surface area (Å²) >= 11 is 0. The second-order valence-corrected chi connectivity index (χ2v) is 15.7. The predicted octanol–water partition coefficient (Wildman–Crippen LogP) is 13.4. The Morgan fingerprint density at radius 3 is 1.88 bits per heavy atom. The van der Waals surface area contributed by atoms with Gasteiger partial charge in [-0.15, -0.1) is 41.3 Å². The summed E-state index contributed by atoms with van der Waals surface area (Å²) in [5.41, 5.74) is 9.04. The Kier molecular flexibility index (Phi) is 8.54. The Morgan fingerprint density at radius 1 is 0.534 bits per heavy atom. The molecule has 4 aromatic heterocycles. The van der Waals surface area contributed by atoms with E-state index in [1.54, 1.807) is 0 Å². The molecule has 0 unspecified atom stereocenters. The van der Waals surface area contributed by atoms with Gasteiger partial charge in [-0.25, -0.2) is 4.98 Å². The van der Waals surface area contributed by atoms with Crippen LogP contribution >= 0.6 is 0 Å². The summed E-state index contributed by atoms with van der Waals surface area (Å²) < 4.78 is 11.2. The maximum Gasteiger partial charge on any atom is 2.00 e. The number of pyridine rings is 1. The van der Waals surface area contributed by atoms with E-state index in [-0.39, 0.29) is 26.5 Å². The van der Waals surface area contributed by atoms with Gasteiger partial charge in [0.05, 0.1) is 22.1 Å². The summed E-state index contributed by atoms with van der Waals surface area (Å²) in [6.45, 7) is 6.67. The van der Waals surface area contributed by atoms with Gasteiger partial charge < -0.3 is 13.7 Å². The molecular formula is C52H36N4OPt. The van der Waals surface area contributed by atoms with Gasteiger partial charge in [0.2, 0.25) is 0 Å². The minimum Gasteiger partial charge on any atom is -0.503 e. The quantitative estimate of drug-likeness (QED) is 0.165. The third-order valence-corrected chi connectivity index (χ3v) is 11.2. The minimum atomic E-state index is -0.0238. The summed E-state index contributed by atoms with van der Waals surface area (Å²) in [4.78, 5) is 10.4. The summed E-state index contributed by atoms with van der Waals surface area (Å²) in [5.74, 6) is 2.02. The molecular weight excluding hydrogens is 892 g/mol. The Balaban J connectivity index is 0.00000408. The summed E-state index contributed by atoms with van der Waals surface area (Å²) in [6, 6.07) is 62.3. The molecule has 0 atom stereocenters. The summed E-state index contributed by atoms with van der Waals surface area (Å²) in [7, 11) is 0. The fraction of sp³-hybridized carbons (Fsp3) is 0.0769. The van der Waals surface area contributed by atoms with Crippen LogP contribution in [-0.2, 0) is 26.5 Å². The van der Waals surface area contributed by atoms with Crippen molar-refractivity contribution in [3.63, 3.8) is 0 Å². The number of fused-ring (bicyclic) bond motifs is 10. The zero-order valence-corrected chi connectivity index (χ0v) is 34.4. The van der Waals surface area contributed by atoms with Gasteiger partial charge >= 0.3 is 21.1 Å². The molecule has 0 radical (unpaired) electrons. The van der Waals surface area contributed by atoms with Gasteiger partial charge in [-0.3, -0.25) is 4.98 Å². The topological polar surface area (TPSA) is 44.3 Å². The van der Waals surface area contributed by atoms with Crippen LogP contribution in [0.3, 0.4) is 0 Å². The number of benzene rings is 7. The average molecular weight is 928 g/mol. The Labute approximate surface area is 350 Å². The van der Waals surface area contributed by atoms with Crippen molar-refractivity contribution in [3.05, 3.63) is 182 Å². The van der Waals surface area contributed by atoms with Gasteiger partial charge in [-0.1, -0.05) is 123 Å². The van der Waals surface area contributed by atoms with Crippen molar-refractivity contribution in [2.75, 3.05) is 0 Å². The molecule has 58 heavy (non-hydrogen) atoms.